The molecule has 0 aromatic heterocycles. The van der Waals surface area contributed by atoms with Gasteiger partial charge in [-0.25, -0.2) is 0 Å². The Morgan fingerprint density at radius 2 is 1.02 bits per heavy atom. The van der Waals surface area contributed by atoms with Crippen molar-refractivity contribution in [1.82, 2.24) is 0 Å². The van der Waals surface area contributed by atoms with Crippen molar-refractivity contribution in [3.8, 4) is 11.5 Å². The van der Waals surface area contributed by atoms with Gasteiger partial charge in [0.25, 0.3) is 0 Å². The highest BCUT2D eigenvalue weighted by molar-refractivity contribution is 5.35. The van der Waals surface area contributed by atoms with Crippen molar-refractivity contribution in [2.75, 3.05) is 13.2 Å². The summed E-state index contributed by atoms with van der Waals surface area (Å²) >= 11 is 0. The fraction of sp³-hybridized carbons (Fsp3) is 0.833. The Labute approximate surface area is 243 Å². The zero-order chi connectivity index (χ0) is 27.9. The molecule has 5 rings (SSSR count). The second kappa shape index (κ2) is 14.7. The predicted octanol–water partition coefficient (Wildman–Crippen LogP) is 10.8. The molecule has 4 aliphatic carbocycles. The molecule has 4 fully saturated rings. The molecule has 0 aliphatic heterocycles. The molecule has 0 spiro atoms. The Balaban J connectivity index is 0.956. The molecule has 4 atom stereocenters. The standard InChI is InChI=1S/C36H56F2O2/c1-3-5-27-14-17-32-23-31(19-18-30(32)22-27)29-15-12-26(13-16-29)7-6-25-8-10-28(11-9-25)24-40-34-21-20-33(39-4-2)35(37)36(34)38/h20-21,25-32H,3-19,22-24H2,1-2H3. The lowest BCUT2D eigenvalue weighted by atomic mass is 9.60. The van der Waals surface area contributed by atoms with Crippen LogP contribution in [0.1, 0.15) is 129 Å². The van der Waals surface area contributed by atoms with Gasteiger partial charge in [0.2, 0.25) is 11.6 Å². The van der Waals surface area contributed by atoms with E-state index in [0.29, 0.717) is 19.1 Å². The SMILES string of the molecule is CCCC1CCC2CC(C3CCC(CCC4CCC(COc5ccc(OCC)c(F)c5F)CC4)CC3)CCC2C1. The van der Waals surface area contributed by atoms with Crippen molar-refractivity contribution in [1.29, 1.82) is 0 Å². The minimum atomic E-state index is -0.950. The number of rotatable bonds is 11. The molecule has 0 bridgehead atoms. The van der Waals surface area contributed by atoms with E-state index in [9.17, 15) is 8.78 Å². The first-order valence-electron chi connectivity index (χ1n) is 17.3. The van der Waals surface area contributed by atoms with Gasteiger partial charge in [-0.05, 0) is 124 Å². The summed E-state index contributed by atoms with van der Waals surface area (Å²) in [5, 5.41) is 0. The number of ether oxygens (including phenoxy) is 2. The molecule has 1 aromatic carbocycles. The molecular weight excluding hydrogens is 502 g/mol. The zero-order valence-corrected chi connectivity index (χ0v) is 25.5. The number of hydrogen-bond acceptors (Lipinski definition) is 2. The van der Waals surface area contributed by atoms with E-state index >= 15 is 0 Å². The van der Waals surface area contributed by atoms with Crippen LogP contribution in [0.25, 0.3) is 0 Å². The predicted molar refractivity (Wildman–Crippen MR) is 160 cm³/mol. The Morgan fingerprint density at radius 3 is 1.65 bits per heavy atom. The Morgan fingerprint density at radius 1 is 0.550 bits per heavy atom. The molecule has 4 aliphatic rings. The molecule has 0 radical (unpaired) electrons. The van der Waals surface area contributed by atoms with E-state index in [1.165, 1.54) is 102 Å². The van der Waals surface area contributed by atoms with Gasteiger partial charge in [0, 0.05) is 0 Å². The summed E-state index contributed by atoms with van der Waals surface area (Å²) < 4.78 is 39.3. The molecule has 1 aromatic rings. The molecule has 0 heterocycles. The van der Waals surface area contributed by atoms with Crippen LogP contribution >= 0.6 is 0 Å². The average Bonchev–Trinajstić information content (AvgIpc) is 2.99. The summed E-state index contributed by atoms with van der Waals surface area (Å²) in [4.78, 5) is 0. The van der Waals surface area contributed by atoms with Gasteiger partial charge in [-0.15, -0.1) is 0 Å². The van der Waals surface area contributed by atoms with Crippen LogP contribution in [0.3, 0.4) is 0 Å². The van der Waals surface area contributed by atoms with Crippen LogP contribution in [0.4, 0.5) is 8.78 Å². The van der Waals surface area contributed by atoms with Crippen molar-refractivity contribution in [3.63, 3.8) is 0 Å². The second-order valence-electron chi connectivity index (χ2n) is 14.2. The first kappa shape index (κ1) is 30.1. The summed E-state index contributed by atoms with van der Waals surface area (Å²) in [7, 11) is 0. The highest BCUT2D eigenvalue weighted by atomic mass is 19.2. The third-order valence-electron chi connectivity index (χ3n) is 11.8. The van der Waals surface area contributed by atoms with Gasteiger partial charge in [-0.2, -0.15) is 8.78 Å². The second-order valence-corrected chi connectivity index (χ2v) is 14.2. The maximum Gasteiger partial charge on any atom is 0.204 e. The minimum absolute atomic E-state index is 0.00563. The van der Waals surface area contributed by atoms with Crippen molar-refractivity contribution in [2.45, 2.75) is 129 Å². The number of hydrogen-bond donors (Lipinski definition) is 0. The normalized spacial score (nSPS) is 34.7. The zero-order valence-electron chi connectivity index (χ0n) is 25.5. The lowest BCUT2D eigenvalue weighted by Gasteiger charge is -2.45. The maximum atomic E-state index is 14.3. The molecule has 4 heteroatoms. The van der Waals surface area contributed by atoms with Crippen LogP contribution in [-0.4, -0.2) is 13.2 Å². The van der Waals surface area contributed by atoms with Gasteiger partial charge >= 0.3 is 0 Å². The average molecular weight is 559 g/mol. The largest absolute Gasteiger partial charge is 0.491 e. The van der Waals surface area contributed by atoms with E-state index in [-0.39, 0.29) is 11.5 Å². The Kier molecular flexibility index (Phi) is 11.1. The maximum absolute atomic E-state index is 14.3. The highest BCUT2D eigenvalue weighted by Crippen LogP contribution is 2.50. The topological polar surface area (TPSA) is 18.5 Å². The Bertz CT molecular complexity index is 902. The van der Waals surface area contributed by atoms with Gasteiger partial charge in [0.05, 0.1) is 13.2 Å². The quantitative estimate of drug-likeness (QED) is 0.269. The summed E-state index contributed by atoms with van der Waals surface area (Å²) in [5.74, 6) is 5.54. The summed E-state index contributed by atoms with van der Waals surface area (Å²) in [6, 6.07) is 2.96. The van der Waals surface area contributed by atoms with Gasteiger partial charge in [0.15, 0.2) is 11.5 Å². The van der Waals surface area contributed by atoms with Crippen LogP contribution in [0.2, 0.25) is 0 Å². The Hall–Kier alpha value is -1.32. The molecule has 0 N–H and O–H groups in total. The molecule has 226 valence electrons. The summed E-state index contributed by atoms with van der Waals surface area (Å²) in [6.07, 6.45) is 25.6. The van der Waals surface area contributed by atoms with Crippen LogP contribution in [-0.2, 0) is 0 Å². The van der Waals surface area contributed by atoms with Crippen LogP contribution < -0.4 is 9.47 Å². The van der Waals surface area contributed by atoms with Crippen LogP contribution in [0, 0.1) is 59.0 Å². The first-order chi connectivity index (χ1) is 19.5. The monoisotopic (exact) mass is 558 g/mol. The molecule has 40 heavy (non-hydrogen) atoms. The van der Waals surface area contributed by atoms with E-state index in [2.05, 4.69) is 6.92 Å². The third-order valence-corrected chi connectivity index (χ3v) is 11.8. The van der Waals surface area contributed by atoms with E-state index in [4.69, 9.17) is 9.47 Å². The first-order valence-corrected chi connectivity index (χ1v) is 17.3. The molecular formula is C36H56F2O2. The van der Waals surface area contributed by atoms with E-state index in [1.54, 1.807) is 19.8 Å². The highest BCUT2D eigenvalue weighted by Gasteiger charge is 2.38. The number of benzene rings is 1. The lowest BCUT2D eigenvalue weighted by molar-refractivity contribution is 0.0572. The fourth-order valence-electron chi connectivity index (χ4n) is 9.33. The van der Waals surface area contributed by atoms with Gasteiger partial charge in [0.1, 0.15) is 0 Å². The number of halogens is 2. The van der Waals surface area contributed by atoms with Crippen molar-refractivity contribution in [2.24, 2.45) is 47.3 Å². The lowest BCUT2D eigenvalue weighted by Crippen LogP contribution is -2.34. The summed E-state index contributed by atoms with van der Waals surface area (Å²) in [5.41, 5.74) is 0. The third kappa shape index (κ3) is 7.74. The van der Waals surface area contributed by atoms with Gasteiger partial charge in [-0.3, -0.25) is 0 Å². The minimum Gasteiger partial charge on any atom is -0.491 e. The van der Waals surface area contributed by atoms with Gasteiger partial charge in [-0.1, -0.05) is 64.7 Å². The van der Waals surface area contributed by atoms with Crippen molar-refractivity contribution in [3.05, 3.63) is 23.8 Å². The molecule has 4 unspecified atom stereocenters. The van der Waals surface area contributed by atoms with Crippen LogP contribution in [0.5, 0.6) is 11.5 Å². The van der Waals surface area contributed by atoms with Crippen molar-refractivity contribution < 1.29 is 18.3 Å². The van der Waals surface area contributed by atoms with Crippen molar-refractivity contribution >= 4 is 0 Å². The van der Waals surface area contributed by atoms with Gasteiger partial charge < -0.3 is 9.47 Å². The molecule has 0 amide bonds. The van der Waals surface area contributed by atoms with E-state index in [1.807, 2.05) is 0 Å². The number of fused-ring (bicyclic) bond motifs is 1. The molecule has 4 saturated carbocycles. The molecule has 2 nitrogen and oxygen atoms in total. The van der Waals surface area contributed by atoms with Crippen LogP contribution in [0.15, 0.2) is 12.1 Å². The fourth-order valence-corrected chi connectivity index (χ4v) is 9.33. The smallest absolute Gasteiger partial charge is 0.204 e. The molecule has 0 saturated heterocycles. The van der Waals surface area contributed by atoms with E-state index in [0.717, 1.165) is 54.3 Å². The van der Waals surface area contributed by atoms with E-state index < -0.39 is 11.6 Å². The summed E-state index contributed by atoms with van der Waals surface area (Å²) in [6.45, 7) is 4.90.